The SMILES string of the molecule is Cc1cc(C)cc(C[C@@H](C(N)=O)N(CC#N)C(=O)C(c2cccnc2)N2CCOCC2)c1. The van der Waals surface area contributed by atoms with Gasteiger partial charge in [-0.2, -0.15) is 5.26 Å². The fourth-order valence-corrected chi connectivity index (χ4v) is 4.23. The van der Waals surface area contributed by atoms with E-state index in [9.17, 15) is 14.9 Å². The van der Waals surface area contributed by atoms with E-state index in [1.165, 1.54) is 4.90 Å². The van der Waals surface area contributed by atoms with Crippen LogP contribution in [-0.2, 0) is 20.7 Å². The van der Waals surface area contributed by atoms with Crippen LogP contribution in [0.2, 0.25) is 0 Å². The Labute approximate surface area is 188 Å². The highest BCUT2D eigenvalue weighted by molar-refractivity contribution is 5.90. The van der Waals surface area contributed by atoms with Crippen LogP contribution >= 0.6 is 0 Å². The van der Waals surface area contributed by atoms with Crippen LogP contribution in [0.15, 0.2) is 42.7 Å². The predicted octanol–water partition coefficient (Wildman–Crippen LogP) is 1.52. The van der Waals surface area contributed by atoms with Crippen molar-refractivity contribution >= 4 is 11.8 Å². The maximum Gasteiger partial charge on any atom is 0.246 e. The number of nitrogens with two attached hydrogens (primary N) is 1. The Balaban J connectivity index is 1.97. The monoisotopic (exact) mass is 435 g/mol. The number of aryl methyl sites for hydroxylation is 2. The van der Waals surface area contributed by atoms with Crippen LogP contribution in [0.5, 0.6) is 0 Å². The summed E-state index contributed by atoms with van der Waals surface area (Å²) in [6.07, 6.45) is 3.53. The first-order valence-corrected chi connectivity index (χ1v) is 10.7. The maximum atomic E-state index is 13.9. The second-order valence-corrected chi connectivity index (χ2v) is 8.08. The number of hydrogen-bond acceptors (Lipinski definition) is 6. The Hall–Kier alpha value is -3.28. The van der Waals surface area contributed by atoms with Gasteiger partial charge in [-0.05, 0) is 31.0 Å². The van der Waals surface area contributed by atoms with E-state index in [1.54, 1.807) is 18.5 Å². The van der Waals surface area contributed by atoms with Gasteiger partial charge in [0.2, 0.25) is 11.8 Å². The van der Waals surface area contributed by atoms with E-state index < -0.39 is 18.0 Å². The molecule has 0 radical (unpaired) electrons. The molecule has 1 aliphatic heterocycles. The van der Waals surface area contributed by atoms with Crippen LogP contribution in [0.3, 0.4) is 0 Å². The molecule has 1 fully saturated rings. The van der Waals surface area contributed by atoms with Crippen molar-refractivity contribution in [3.63, 3.8) is 0 Å². The van der Waals surface area contributed by atoms with E-state index in [4.69, 9.17) is 10.5 Å². The van der Waals surface area contributed by atoms with Crippen LogP contribution in [-0.4, -0.2) is 65.5 Å². The van der Waals surface area contributed by atoms with Crippen molar-refractivity contribution in [1.29, 1.82) is 5.26 Å². The minimum absolute atomic E-state index is 0.238. The van der Waals surface area contributed by atoms with Crippen molar-refractivity contribution in [3.8, 4) is 6.07 Å². The number of carbonyl (C=O) groups excluding carboxylic acids is 2. The number of rotatable bonds is 8. The molecule has 1 aromatic carbocycles. The molecular formula is C24H29N5O3. The minimum atomic E-state index is -0.941. The van der Waals surface area contributed by atoms with Gasteiger partial charge in [0.1, 0.15) is 18.6 Å². The molecule has 0 saturated carbocycles. The van der Waals surface area contributed by atoms with Crippen molar-refractivity contribution < 1.29 is 14.3 Å². The summed E-state index contributed by atoms with van der Waals surface area (Å²) in [6, 6.07) is 10.0. The highest BCUT2D eigenvalue weighted by atomic mass is 16.5. The first kappa shape index (κ1) is 23.4. The van der Waals surface area contributed by atoms with Gasteiger partial charge in [0.15, 0.2) is 0 Å². The number of pyridine rings is 1. The fourth-order valence-electron chi connectivity index (χ4n) is 4.23. The van der Waals surface area contributed by atoms with Crippen LogP contribution in [0.1, 0.15) is 28.3 Å². The molecule has 3 rings (SSSR count). The zero-order valence-corrected chi connectivity index (χ0v) is 18.5. The van der Waals surface area contributed by atoms with Crippen LogP contribution in [0.25, 0.3) is 0 Å². The molecule has 1 saturated heterocycles. The lowest BCUT2D eigenvalue weighted by atomic mass is 9.98. The summed E-state index contributed by atoms with van der Waals surface area (Å²) in [4.78, 5) is 33.8. The molecular weight excluding hydrogens is 406 g/mol. The van der Waals surface area contributed by atoms with Gasteiger partial charge in [0, 0.05) is 31.9 Å². The Kier molecular flexibility index (Phi) is 7.92. The summed E-state index contributed by atoms with van der Waals surface area (Å²) in [5.41, 5.74) is 9.48. The standard InChI is InChI=1S/C24H29N5O3/c1-17-12-18(2)14-19(13-17)15-21(23(26)30)29(7-5-25)24(31)22(20-4-3-6-27-16-20)28-8-10-32-11-9-28/h3-4,6,12-14,16,21-22H,7-11,15H2,1-2H3,(H2,26,30)/t21-,22?/m0/s1. The first-order chi connectivity index (χ1) is 15.4. The largest absolute Gasteiger partial charge is 0.379 e. The number of carbonyl (C=O) groups is 2. The van der Waals surface area contributed by atoms with Gasteiger partial charge in [-0.25, -0.2) is 0 Å². The predicted molar refractivity (Wildman–Crippen MR) is 119 cm³/mol. The molecule has 0 spiro atoms. The lowest BCUT2D eigenvalue weighted by Gasteiger charge is -2.38. The average molecular weight is 436 g/mol. The number of hydrogen-bond donors (Lipinski definition) is 1. The number of amides is 2. The zero-order chi connectivity index (χ0) is 23.1. The van der Waals surface area contributed by atoms with E-state index in [2.05, 4.69) is 4.98 Å². The van der Waals surface area contributed by atoms with Crippen LogP contribution < -0.4 is 5.73 Å². The van der Waals surface area contributed by atoms with E-state index in [1.807, 2.05) is 49.1 Å². The van der Waals surface area contributed by atoms with Gasteiger partial charge in [-0.15, -0.1) is 0 Å². The summed E-state index contributed by atoms with van der Waals surface area (Å²) in [5, 5.41) is 9.49. The normalized spacial score (nSPS) is 16.0. The summed E-state index contributed by atoms with van der Waals surface area (Å²) < 4.78 is 5.45. The molecule has 1 unspecified atom stereocenters. The number of nitriles is 1. The molecule has 32 heavy (non-hydrogen) atoms. The molecule has 1 aliphatic rings. The van der Waals surface area contributed by atoms with Crippen molar-refractivity contribution in [3.05, 3.63) is 65.0 Å². The molecule has 0 bridgehead atoms. The topological polar surface area (TPSA) is 113 Å². The third-order valence-corrected chi connectivity index (χ3v) is 5.58. The molecule has 8 nitrogen and oxygen atoms in total. The number of aromatic nitrogens is 1. The molecule has 2 amide bonds. The highest BCUT2D eigenvalue weighted by Gasteiger charge is 2.37. The Morgan fingerprint density at radius 3 is 2.50 bits per heavy atom. The molecule has 1 aromatic heterocycles. The second-order valence-electron chi connectivity index (χ2n) is 8.08. The van der Waals surface area contributed by atoms with E-state index >= 15 is 0 Å². The molecule has 2 atom stereocenters. The van der Waals surface area contributed by atoms with Crippen molar-refractivity contribution in [2.24, 2.45) is 5.73 Å². The van der Waals surface area contributed by atoms with Crippen molar-refractivity contribution in [2.75, 3.05) is 32.8 Å². The number of benzene rings is 1. The van der Waals surface area contributed by atoms with E-state index in [0.29, 0.717) is 31.9 Å². The number of nitrogens with zero attached hydrogens (tertiary/aromatic N) is 4. The highest BCUT2D eigenvalue weighted by Crippen LogP contribution is 2.26. The zero-order valence-electron chi connectivity index (χ0n) is 18.5. The summed E-state index contributed by atoms with van der Waals surface area (Å²) in [7, 11) is 0. The van der Waals surface area contributed by atoms with Gasteiger partial charge in [-0.3, -0.25) is 19.5 Å². The van der Waals surface area contributed by atoms with E-state index in [0.717, 1.165) is 16.7 Å². The molecule has 2 aromatic rings. The van der Waals surface area contributed by atoms with Crippen LogP contribution in [0.4, 0.5) is 0 Å². The molecule has 2 N–H and O–H groups in total. The fraction of sp³-hybridized carbons (Fsp3) is 0.417. The van der Waals surface area contributed by atoms with Crippen molar-refractivity contribution in [2.45, 2.75) is 32.4 Å². The Morgan fingerprint density at radius 1 is 1.25 bits per heavy atom. The molecule has 0 aliphatic carbocycles. The third-order valence-electron chi connectivity index (χ3n) is 5.58. The number of morpholine rings is 1. The molecule has 168 valence electrons. The van der Waals surface area contributed by atoms with Gasteiger partial charge in [-0.1, -0.05) is 35.4 Å². The van der Waals surface area contributed by atoms with Gasteiger partial charge < -0.3 is 15.4 Å². The lowest BCUT2D eigenvalue weighted by Crippen LogP contribution is -2.54. The van der Waals surface area contributed by atoms with Gasteiger partial charge in [0.25, 0.3) is 0 Å². The van der Waals surface area contributed by atoms with Crippen molar-refractivity contribution in [1.82, 2.24) is 14.8 Å². The first-order valence-electron chi connectivity index (χ1n) is 10.7. The quantitative estimate of drug-likeness (QED) is 0.629. The maximum absolute atomic E-state index is 13.9. The summed E-state index contributed by atoms with van der Waals surface area (Å²) in [5.74, 6) is -0.978. The smallest absolute Gasteiger partial charge is 0.246 e. The Morgan fingerprint density at radius 2 is 1.94 bits per heavy atom. The van der Waals surface area contributed by atoms with Gasteiger partial charge >= 0.3 is 0 Å². The number of ether oxygens (including phenoxy) is 1. The summed E-state index contributed by atoms with van der Waals surface area (Å²) in [6.45, 7) is 5.84. The molecule has 8 heteroatoms. The number of primary amides is 1. The minimum Gasteiger partial charge on any atom is -0.379 e. The van der Waals surface area contributed by atoms with Crippen LogP contribution in [0, 0.1) is 25.2 Å². The molecule has 2 heterocycles. The van der Waals surface area contributed by atoms with E-state index in [-0.39, 0.29) is 18.9 Å². The Bertz CT molecular complexity index is 963. The lowest BCUT2D eigenvalue weighted by molar-refractivity contribution is -0.145. The average Bonchev–Trinajstić information content (AvgIpc) is 2.77. The second kappa shape index (κ2) is 10.8. The third kappa shape index (κ3) is 5.69. The van der Waals surface area contributed by atoms with Gasteiger partial charge in [0.05, 0.1) is 19.3 Å². The summed E-state index contributed by atoms with van der Waals surface area (Å²) >= 11 is 0.